The largest absolute Gasteiger partial charge is 0.460 e. The Morgan fingerprint density at radius 3 is 2.62 bits per heavy atom. The molecule has 6 heteroatoms. The lowest BCUT2D eigenvalue weighted by molar-refractivity contribution is -0.153. The van der Waals surface area contributed by atoms with E-state index in [1.54, 1.807) is 20.2 Å². The molecule has 0 saturated heterocycles. The van der Waals surface area contributed by atoms with Crippen LogP contribution in [-0.2, 0) is 21.4 Å². The van der Waals surface area contributed by atoms with Crippen LogP contribution in [0.4, 0.5) is 0 Å². The summed E-state index contributed by atoms with van der Waals surface area (Å²) in [6.07, 6.45) is 1.08. The maximum atomic E-state index is 11.5. The Morgan fingerprint density at radius 1 is 1.44 bits per heavy atom. The van der Waals surface area contributed by atoms with Crippen molar-refractivity contribution in [1.29, 1.82) is 0 Å². The molecule has 86 valence electrons. The van der Waals surface area contributed by atoms with E-state index >= 15 is 0 Å². The normalized spacial score (nSPS) is 9.88. The van der Waals surface area contributed by atoms with Crippen LogP contribution in [0.25, 0.3) is 0 Å². The number of ether oxygens (including phenoxy) is 1. The zero-order valence-corrected chi connectivity index (χ0v) is 9.10. The third-order valence-corrected chi connectivity index (χ3v) is 1.82. The first-order valence-corrected chi connectivity index (χ1v) is 4.77. The number of nitrogens with zero attached hydrogens (tertiary/aromatic N) is 2. The van der Waals surface area contributed by atoms with Crippen LogP contribution in [-0.4, -0.2) is 33.9 Å². The maximum absolute atomic E-state index is 11.5. The maximum Gasteiger partial charge on any atom is 0.375 e. The highest BCUT2D eigenvalue weighted by Gasteiger charge is 2.21. The molecule has 1 aromatic rings. The van der Waals surface area contributed by atoms with Gasteiger partial charge in [0.25, 0.3) is 0 Å². The number of carbonyl (C=O) groups is 3. The molecular weight excluding hydrogens is 212 g/mol. The number of aromatic nitrogens is 2. The van der Waals surface area contributed by atoms with Crippen molar-refractivity contribution in [2.45, 2.75) is 13.3 Å². The van der Waals surface area contributed by atoms with Gasteiger partial charge in [-0.25, -0.2) is 4.79 Å². The second-order valence-corrected chi connectivity index (χ2v) is 3.12. The summed E-state index contributed by atoms with van der Waals surface area (Å²) in [5, 5.41) is 3.83. The van der Waals surface area contributed by atoms with Crippen LogP contribution in [0.1, 0.15) is 23.8 Å². The summed E-state index contributed by atoms with van der Waals surface area (Å²) in [4.78, 5) is 33.6. The third-order valence-electron chi connectivity index (χ3n) is 1.82. The zero-order chi connectivity index (χ0) is 12.1. The van der Waals surface area contributed by atoms with E-state index < -0.39 is 24.0 Å². The van der Waals surface area contributed by atoms with Crippen molar-refractivity contribution in [3.8, 4) is 0 Å². The smallest absolute Gasteiger partial charge is 0.375 e. The molecule has 6 nitrogen and oxygen atoms in total. The Labute approximate surface area is 92.2 Å². The quantitative estimate of drug-likeness (QED) is 0.307. The van der Waals surface area contributed by atoms with Crippen LogP contribution >= 0.6 is 0 Å². The molecule has 0 aliphatic rings. The van der Waals surface area contributed by atoms with Gasteiger partial charge < -0.3 is 4.74 Å². The highest BCUT2D eigenvalue weighted by molar-refractivity contribution is 6.38. The van der Waals surface area contributed by atoms with E-state index in [0.717, 1.165) is 0 Å². The summed E-state index contributed by atoms with van der Waals surface area (Å²) in [7, 11) is 1.66. The lowest BCUT2D eigenvalue weighted by Gasteiger charge is -1.98. The van der Waals surface area contributed by atoms with E-state index in [1.165, 1.54) is 10.7 Å². The number of hydrogen-bond donors (Lipinski definition) is 0. The van der Waals surface area contributed by atoms with Crippen molar-refractivity contribution in [3.05, 3.63) is 18.0 Å². The van der Waals surface area contributed by atoms with Gasteiger partial charge in [0.15, 0.2) is 5.78 Å². The molecule has 0 aliphatic heterocycles. The number of hydrogen-bond acceptors (Lipinski definition) is 5. The lowest BCUT2D eigenvalue weighted by Crippen LogP contribution is -2.20. The van der Waals surface area contributed by atoms with Crippen LogP contribution in [0.3, 0.4) is 0 Å². The Balaban J connectivity index is 2.58. The standard InChI is InChI=1S/C10H12N2O4/c1-3-16-10(15)9(14)6-8(13)7-4-5-12(2)11-7/h4-5H,3,6H2,1-2H3. The van der Waals surface area contributed by atoms with Gasteiger partial charge in [-0.05, 0) is 13.0 Å². The summed E-state index contributed by atoms with van der Waals surface area (Å²) < 4.78 is 5.93. The SMILES string of the molecule is CCOC(=O)C(=O)CC(=O)c1ccn(C)n1. The first-order chi connectivity index (χ1) is 7.54. The van der Waals surface area contributed by atoms with E-state index in [4.69, 9.17) is 0 Å². The molecule has 0 atom stereocenters. The lowest BCUT2D eigenvalue weighted by atomic mass is 10.1. The molecule has 0 fully saturated rings. The molecule has 1 heterocycles. The van der Waals surface area contributed by atoms with Crippen molar-refractivity contribution in [2.24, 2.45) is 7.05 Å². The highest BCUT2D eigenvalue weighted by atomic mass is 16.5. The predicted octanol–water partition coefficient (Wildman–Crippen LogP) is 0.125. The van der Waals surface area contributed by atoms with Gasteiger partial charge >= 0.3 is 5.97 Å². The van der Waals surface area contributed by atoms with E-state index in [9.17, 15) is 14.4 Å². The van der Waals surface area contributed by atoms with Gasteiger partial charge in [0.05, 0.1) is 13.0 Å². The molecule has 0 amide bonds. The molecule has 0 radical (unpaired) electrons. The van der Waals surface area contributed by atoms with Crippen LogP contribution in [0.15, 0.2) is 12.3 Å². The first kappa shape index (κ1) is 12.1. The molecule has 16 heavy (non-hydrogen) atoms. The molecule has 1 aromatic heterocycles. The molecule has 0 saturated carbocycles. The monoisotopic (exact) mass is 224 g/mol. The number of ketones is 2. The average Bonchev–Trinajstić information content (AvgIpc) is 2.65. The van der Waals surface area contributed by atoms with E-state index in [-0.39, 0.29) is 12.3 Å². The van der Waals surface area contributed by atoms with Crippen LogP contribution < -0.4 is 0 Å². The van der Waals surface area contributed by atoms with E-state index in [1.807, 2.05) is 0 Å². The summed E-state index contributed by atoms with van der Waals surface area (Å²) in [5.74, 6) is -2.32. The minimum absolute atomic E-state index is 0.113. The van der Waals surface area contributed by atoms with Crippen LogP contribution in [0.2, 0.25) is 0 Å². The Kier molecular flexibility index (Phi) is 3.93. The summed E-state index contributed by atoms with van der Waals surface area (Å²) >= 11 is 0. The molecule has 0 spiro atoms. The third kappa shape index (κ3) is 3.01. The minimum Gasteiger partial charge on any atom is -0.460 e. The van der Waals surface area contributed by atoms with Gasteiger partial charge in [-0.1, -0.05) is 0 Å². The number of esters is 1. The van der Waals surface area contributed by atoms with Gasteiger partial charge in [0.2, 0.25) is 5.78 Å². The van der Waals surface area contributed by atoms with Gasteiger partial charge in [0, 0.05) is 13.2 Å². The molecule has 0 aromatic carbocycles. The molecule has 0 unspecified atom stereocenters. The van der Waals surface area contributed by atoms with E-state index in [2.05, 4.69) is 9.84 Å². The number of aryl methyl sites for hydroxylation is 1. The Hall–Kier alpha value is -1.98. The topological polar surface area (TPSA) is 78.3 Å². The van der Waals surface area contributed by atoms with Crippen molar-refractivity contribution in [3.63, 3.8) is 0 Å². The number of rotatable bonds is 5. The van der Waals surface area contributed by atoms with Crippen molar-refractivity contribution >= 4 is 17.5 Å². The van der Waals surface area contributed by atoms with Crippen molar-refractivity contribution in [2.75, 3.05) is 6.61 Å². The van der Waals surface area contributed by atoms with Crippen LogP contribution in [0.5, 0.6) is 0 Å². The van der Waals surface area contributed by atoms with Crippen molar-refractivity contribution in [1.82, 2.24) is 9.78 Å². The molecular formula is C10H12N2O4. The van der Waals surface area contributed by atoms with Gasteiger partial charge in [-0.3, -0.25) is 14.3 Å². The predicted molar refractivity (Wildman–Crippen MR) is 53.8 cm³/mol. The second kappa shape index (κ2) is 5.20. The summed E-state index contributed by atoms with van der Waals surface area (Å²) in [6, 6.07) is 1.49. The molecule has 0 bridgehead atoms. The second-order valence-electron chi connectivity index (χ2n) is 3.12. The molecule has 0 N–H and O–H groups in total. The average molecular weight is 224 g/mol. The zero-order valence-electron chi connectivity index (χ0n) is 9.10. The number of Topliss-reactive ketones (excluding diaryl/α,β-unsaturated/α-hetero) is 2. The fourth-order valence-corrected chi connectivity index (χ4v) is 1.08. The first-order valence-electron chi connectivity index (χ1n) is 4.77. The number of carbonyl (C=O) groups excluding carboxylic acids is 3. The highest BCUT2D eigenvalue weighted by Crippen LogP contribution is 2.01. The van der Waals surface area contributed by atoms with Gasteiger partial charge in [-0.2, -0.15) is 5.10 Å². The van der Waals surface area contributed by atoms with E-state index in [0.29, 0.717) is 0 Å². The molecule has 1 rings (SSSR count). The van der Waals surface area contributed by atoms with Crippen molar-refractivity contribution < 1.29 is 19.1 Å². The van der Waals surface area contributed by atoms with Gasteiger partial charge in [0.1, 0.15) is 5.69 Å². The van der Waals surface area contributed by atoms with Crippen LogP contribution in [0, 0.1) is 0 Å². The molecule has 0 aliphatic carbocycles. The Morgan fingerprint density at radius 2 is 2.12 bits per heavy atom. The summed E-state index contributed by atoms with van der Waals surface area (Å²) in [6.45, 7) is 1.70. The summed E-state index contributed by atoms with van der Waals surface area (Å²) in [5.41, 5.74) is 0.167. The fraction of sp³-hybridized carbons (Fsp3) is 0.400. The minimum atomic E-state index is -0.980. The Bertz CT molecular complexity index is 422. The fourth-order valence-electron chi connectivity index (χ4n) is 1.08. The van der Waals surface area contributed by atoms with Gasteiger partial charge in [-0.15, -0.1) is 0 Å².